The molecule has 2 heterocycles. The number of hydrogen-bond acceptors (Lipinski definition) is 6. The summed E-state index contributed by atoms with van der Waals surface area (Å²) in [5.74, 6) is 0. The van der Waals surface area contributed by atoms with Crippen LogP contribution < -0.4 is 27.0 Å². The summed E-state index contributed by atoms with van der Waals surface area (Å²) in [7, 11) is 0. The molecule has 0 amide bonds. The molecule has 0 aliphatic carbocycles. The maximum absolute atomic E-state index is 6.38. The minimum Gasteiger partial charge on any atom is -0.364 e. The van der Waals surface area contributed by atoms with Crippen LogP contribution in [0.1, 0.15) is 34.6 Å². The van der Waals surface area contributed by atoms with E-state index in [1.165, 1.54) is 0 Å². The van der Waals surface area contributed by atoms with Crippen LogP contribution in [0.5, 0.6) is 0 Å². The maximum Gasteiger partial charge on any atom is 0.145 e. The minimum atomic E-state index is -0.279. The molecular weight excluding hydrogens is 480 g/mol. The van der Waals surface area contributed by atoms with Crippen molar-refractivity contribution in [2.45, 2.75) is 18.6 Å². The lowest BCUT2D eigenvalue weighted by atomic mass is 9.98. The Bertz CT molecular complexity index is 1480. The number of benzene rings is 4. The van der Waals surface area contributed by atoms with Crippen molar-refractivity contribution in [1.82, 2.24) is 21.3 Å². The van der Waals surface area contributed by atoms with E-state index in [4.69, 9.17) is 10.7 Å². The molecule has 6 heteroatoms. The van der Waals surface area contributed by atoms with Gasteiger partial charge in [0.05, 0.1) is 11.9 Å². The zero-order chi connectivity index (χ0) is 26.4. The summed E-state index contributed by atoms with van der Waals surface area (Å²) in [6.45, 7) is 0.811. The quantitative estimate of drug-likeness (QED) is 0.225. The first kappa shape index (κ1) is 24.8. The Morgan fingerprint density at radius 3 is 2.05 bits per heavy atom. The Balaban J connectivity index is 1.22. The first-order chi connectivity index (χ1) is 19.2. The fourth-order valence-corrected chi connectivity index (χ4v) is 4.84. The molecule has 4 aromatic rings. The van der Waals surface area contributed by atoms with Gasteiger partial charge in [-0.3, -0.25) is 15.6 Å². The first-order valence-corrected chi connectivity index (χ1v) is 13.3. The third-order valence-corrected chi connectivity index (χ3v) is 6.99. The van der Waals surface area contributed by atoms with E-state index in [0.29, 0.717) is 0 Å². The number of aliphatic imine (C=N–C) groups is 1. The number of nitrogens with two attached hydrogens (primary N) is 1. The summed E-state index contributed by atoms with van der Waals surface area (Å²) < 4.78 is 0. The van der Waals surface area contributed by atoms with Crippen molar-refractivity contribution in [2.75, 3.05) is 6.54 Å². The van der Waals surface area contributed by atoms with E-state index in [0.717, 1.165) is 51.3 Å². The van der Waals surface area contributed by atoms with Crippen LogP contribution in [0.15, 0.2) is 133 Å². The van der Waals surface area contributed by atoms with Gasteiger partial charge in [-0.05, 0) is 45.7 Å². The Hall–Kier alpha value is -4.49. The van der Waals surface area contributed by atoms with E-state index >= 15 is 0 Å². The van der Waals surface area contributed by atoms with Crippen LogP contribution in [-0.4, -0.2) is 18.5 Å². The third-order valence-electron chi connectivity index (χ3n) is 6.99. The lowest BCUT2D eigenvalue weighted by molar-refractivity contribution is 0.350. The highest BCUT2D eigenvalue weighted by molar-refractivity contribution is 6.13. The van der Waals surface area contributed by atoms with E-state index in [9.17, 15) is 0 Å². The number of nitrogens with one attached hydrogen (secondary N) is 4. The second-order valence-corrected chi connectivity index (χ2v) is 9.65. The number of nitrogens with zero attached hydrogens (tertiary/aromatic N) is 1. The topological polar surface area (TPSA) is 86.5 Å². The van der Waals surface area contributed by atoms with Gasteiger partial charge in [-0.15, -0.1) is 0 Å². The summed E-state index contributed by atoms with van der Waals surface area (Å²) in [5.41, 5.74) is 15.1. The van der Waals surface area contributed by atoms with Gasteiger partial charge in [-0.25, -0.2) is 0 Å². The predicted molar refractivity (Wildman–Crippen MR) is 159 cm³/mol. The molecule has 0 fully saturated rings. The molecule has 0 spiro atoms. The van der Waals surface area contributed by atoms with Crippen molar-refractivity contribution < 1.29 is 0 Å². The van der Waals surface area contributed by atoms with E-state index in [2.05, 4.69) is 124 Å². The van der Waals surface area contributed by atoms with Gasteiger partial charge in [0.25, 0.3) is 0 Å². The molecule has 2 aliphatic rings. The summed E-state index contributed by atoms with van der Waals surface area (Å²) in [6, 6.07) is 37.8. The molecule has 194 valence electrons. The van der Waals surface area contributed by atoms with Crippen LogP contribution in [0.25, 0.3) is 16.8 Å². The monoisotopic (exact) mass is 512 g/mol. The van der Waals surface area contributed by atoms with Gasteiger partial charge in [0.2, 0.25) is 0 Å². The maximum atomic E-state index is 6.38. The van der Waals surface area contributed by atoms with Crippen LogP contribution >= 0.6 is 0 Å². The van der Waals surface area contributed by atoms with E-state index in [1.54, 1.807) is 0 Å². The summed E-state index contributed by atoms with van der Waals surface area (Å²) >= 11 is 0. The number of rotatable bonds is 7. The van der Waals surface area contributed by atoms with Crippen molar-refractivity contribution >= 4 is 11.4 Å². The van der Waals surface area contributed by atoms with Gasteiger partial charge >= 0.3 is 0 Å². The van der Waals surface area contributed by atoms with Crippen molar-refractivity contribution in [3.63, 3.8) is 0 Å². The van der Waals surface area contributed by atoms with Crippen molar-refractivity contribution in [1.29, 1.82) is 0 Å². The van der Waals surface area contributed by atoms with E-state index < -0.39 is 0 Å². The second-order valence-electron chi connectivity index (χ2n) is 9.65. The smallest absolute Gasteiger partial charge is 0.145 e. The molecule has 6 nitrogen and oxygen atoms in total. The Morgan fingerprint density at radius 2 is 1.38 bits per heavy atom. The van der Waals surface area contributed by atoms with Crippen molar-refractivity contribution in [3.05, 3.63) is 150 Å². The molecule has 39 heavy (non-hydrogen) atoms. The van der Waals surface area contributed by atoms with Gasteiger partial charge in [-0.1, -0.05) is 115 Å². The van der Waals surface area contributed by atoms with Crippen molar-refractivity contribution in [2.24, 2.45) is 10.7 Å². The van der Waals surface area contributed by atoms with Crippen LogP contribution in [0.4, 0.5) is 0 Å². The number of hydrogen-bond donors (Lipinski definition) is 5. The van der Waals surface area contributed by atoms with Crippen LogP contribution in [0, 0.1) is 0 Å². The van der Waals surface area contributed by atoms with Gasteiger partial charge in [0.15, 0.2) is 0 Å². The van der Waals surface area contributed by atoms with E-state index in [1.807, 2.05) is 24.4 Å². The highest BCUT2D eigenvalue weighted by atomic mass is 15.3. The molecule has 4 aromatic carbocycles. The molecule has 0 saturated carbocycles. The molecule has 6 rings (SSSR count). The third kappa shape index (κ3) is 5.84. The lowest BCUT2D eigenvalue weighted by Crippen LogP contribution is -2.55. The Morgan fingerprint density at radius 1 is 0.744 bits per heavy atom. The SMILES string of the molecule is NC(NC1NC=CCN1)c1ccc(-c2ccc(C3=NC(c4ccccc4)NC(c4ccccc4)=C3)cc2)cc1. The van der Waals surface area contributed by atoms with Crippen molar-refractivity contribution in [3.8, 4) is 11.1 Å². The fraction of sp³-hybridized carbons (Fsp3) is 0.121. The lowest BCUT2D eigenvalue weighted by Gasteiger charge is -2.26. The van der Waals surface area contributed by atoms with Crippen LogP contribution in [0.2, 0.25) is 0 Å². The van der Waals surface area contributed by atoms with Gasteiger partial charge in [0, 0.05) is 12.2 Å². The summed E-state index contributed by atoms with van der Waals surface area (Å²) in [5, 5.41) is 13.5. The molecule has 0 bridgehead atoms. The highest BCUT2D eigenvalue weighted by Gasteiger charge is 2.19. The average Bonchev–Trinajstić information content (AvgIpc) is 3.02. The predicted octanol–water partition coefficient (Wildman–Crippen LogP) is 5.02. The standard InChI is InChI=1S/C33H32N6/c34-31(39-33-35-20-7-21-36-33)27-18-14-24(15-19-27)23-12-16-26(17-13-23)30-22-29(25-8-3-1-4-9-25)37-32(38-30)28-10-5-2-6-11-28/h1-20,22,31-33,35-37,39H,21,34H2. The highest BCUT2D eigenvalue weighted by Crippen LogP contribution is 2.28. The van der Waals surface area contributed by atoms with E-state index in [-0.39, 0.29) is 18.6 Å². The molecule has 0 radical (unpaired) electrons. The second kappa shape index (κ2) is 11.5. The largest absolute Gasteiger partial charge is 0.364 e. The number of allylic oxidation sites excluding steroid dienone is 1. The summed E-state index contributed by atoms with van der Waals surface area (Å²) in [6.07, 6.45) is 5.62. The van der Waals surface area contributed by atoms with Crippen LogP contribution in [0.3, 0.4) is 0 Å². The fourth-order valence-electron chi connectivity index (χ4n) is 4.84. The molecular formula is C33H32N6. The average molecular weight is 513 g/mol. The molecule has 0 aromatic heterocycles. The normalized spacial score (nSPS) is 19.3. The zero-order valence-electron chi connectivity index (χ0n) is 21.6. The molecule has 2 aliphatic heterocycles. The Kier molecular flexibility index (Phi) is 7.32. The van der Waals surface area contributed by atoms with Crippen LogP contribution in [-0.2, 0) is 0 Å². The molecule has 0 saturated heterocycles. The van der Waals surface area contributed by atoms with Gasteiger partial charge < -0.3 is 16.4 Å². The molecule has 3 atom stereocenters. The van der Waals surface area contributed by atoms with Gasteiger partial charge in [-0.2, -0.15) is 0 Å². The molecule has 6 N–H and O–H groups in total. The van der Waals surface area contributed by atoms with Gasteiger partial charge in [0.1, 0.15) is 12.5 Å². The first-order valence-electron chi connectivity index (χ1n) is 13.3. The Labute approximate surface area is 229 Å². The minimum absolute atomic E-state index is 0.0481. The summed E-state index contributed by atoms with van der Waals surface area (Å²) in [4.78, 5) is 5.07. The molecule has 3 unspecified atom stereocenters. The zero-order valence-corrected chi connectivity index (χ0v) is 21.6.